The Hall–Kier alpha value is -0.220. The van der Waals surface area contributed by atoms with Crippen molar-refractivity contribution in [3.8, 4) is 0 Å². The Balaban J connectivity index is 0. The van der Waals surface area contributed by atoms with Gasteiger partial charge in [0.1, 0.15) is 0 Å². The summed E-state index contributed by atoms with van der Waals surface area (Å²) in [5.41, 5.74) is 4.96. The summed E-state index contributed by atoms with van der Waals surface area (Å²) in [6.45, 7) is 5.91. The van der Waals surface area contributed by atoms with Crippen LogP contribution in [0, 0.1) is 0 Å². The molecular weight excluding hydrogens is 294 g/mol. The Morgan fingerprint density at radius 2 is 1.58 bits per heavy atom. The molecule has 0 aromatic rings. The zero-order valence-corrected chi connectivity index (χ0v) is 13.3. The van der Waals surface area contributed by atoms with Crippen LogP contribution < -0.4 is 5.73 Å². The third-order valence-corrected chi connectivity index (χ3v) is 5.06. The maximum absolute atomic E-state index is 11.2. The van der Waals surface area contributed by atoms with Crippen molar-refractivity contribution in [1.82, 2.24) is 0 Å². The second kappa shape index (κ2) is 10.6. The van der Waals surface area contributed by atoms with Gasteiger partial charge in [-0.15, -0.1) is 0 Å². The van der Waals surface area contributed by atoms with E-state index in [0.29, 0.717) is 25.8 Å². The molecule has 9 heteroatoms. The molecule has 7 nitrogen and oxygen atoms in total. The average Bonchev–Trinajstić information content (AvgIpc) is 2.27. The predicted molar refractivity (Wildman–Crippen MR) is 75.0 cm³/mol. The Morgan fingerprint density at radius 1 is 1.11 bits per heavy atom. The van der Waals surface area contributed by atoms with Gasteiger partial charge in [0.25, 0.3) is 20.2 Å². The Kier molecular flexibility index (Phi) is 11.7. The fraction of sp³-hybridized carbons (Fsp3) is 1.00. The molecule has 0 amide bonds. The highest BCUT2D eigenvalue weighted by atomic mass is 32.2. The molecule has 0 aliphatic carbocycles. The maximum Gasteiger partial charge on any atom is 0.270 e. The summed E-state index contributed by atoms with van der Waals surface area (Å²) in [5, 5.41) is -0.331. The molecular formula is C10H25NO6S2. The van der Waals surface area contributed by atoms with Crippen LogP contribution in [0.5, 0.6) is 0 Å². The number of rotatable bonds is 8. The lowest BCUT2D eigenvalue weighted by Crippen LogP contribution is -2.21. The molecule has 0 heterocycles. The second-order valence-corrected chi connectivity index (χ2v) is 7.23. The minimum absolute atomic E-state index is 0.233. The van der Waals surface area contributed by atoms with Gasteiger partial charge in [-0.05, 0) is 32.7 Å². The van der Waals surface area contributed by atoms with E-state index in [1.807, 2.05) is 13.8 Å². The van der Waals surface area contributed by atoms with E-state index in [0.717, 1.165) is 0 Å². The third kappa shape index (κ3) is 12.6. The van der Waals surface area contributed by atoms with E-state index in [-0.39, 0.29) is 17.6 Å². The summed E-state index contributed by atoms with van der Waals surface area (Å²) in [6, 6.07) is 0. The molecule has 0 aromatic heterocycles. The largest absolute Gasteiger partial charge is 0.330 e. The van der Waals surface area contributed by atoms with Crippen molar-refractivity contribution < 1.29 is 25.6 Å². The fourth-order valence-electron chi connectivity index (χ4n) is 1.22. The summed E-state index contributed by atoms with van der Waals surface area (Å²) in [6.07, 6.45) is 1.57. The van der Waals surface area contributed by atoms with E-state index in [2.05, 4.69) is 4.18 Å². The van der Waals surface area contributed by atoms with Gasteiger partial charge in [0.2, 0.25) is 0 Å². The molecule has 0 rings (SSSR count). The van der Waals surface area contributed by atoms with Crippen molar-refractivity contribution in [3.05, 3.63) is 0 Å². The quantitative estimate of drug-likeness (QED) is 0.500. The zero-order chi connectivity index (χ0) is 15.5. The third-order valence-electron chi connectivity index (χ3n) is 2.21. The van der Waals surface area contributed by atoms with E-state index < -0.39 is 20.2 Å². The minimum atomic E-state index is -3.77. The lowest BCUT2D eigenvalue weighted by molar-refractivity contribution is 0.328. The first-order valence-electron chi connectivity index (χ1n) is 6.18. The molecule has 0 bridgehead atoms. The van der Waals surface area contributed by atoms with Crippen LogP contribution >= 0.6 is 0 Å². The number of hydrogen-bond donors (Lipinski definition) is 2. The zero-order valence-electron chi connectivity index (χ0n) is 11.7. The average molecular weight is 319 g/mol. The molecule has 0 aliphatic heterocycles. The SMILES string of the molecule is CCOS(=O)(=O)C(CC)CC.NCCCS(=O)(=O)O. The summed E-state index contributed by atoms with van der Waals surface area (Å²) < 4.78 is 54.8. The highest BCUT2D eigenvalue weighted by Crippen LogP contribution is 2.11. The van der Waals surface area contributed by atoms with E-state index in [1.165, 1.54) is 0 Å². The normalized spacial score (nSPS) is 12.1. The predicted octanol–water partition coefficient (Wildman–Crippen LogP) is 0.764. The first-order valence-corrected chi connectivity index (χ1v) is 9.26. The van der Waals surface area contributed by atoms with Crippen LogP contribution in [0.2, 0.25) is 0 Å². The van der Waals surface area contributed by atoms with Gasteiger partial charge in [0.15, 0.2) is 0 Å². The molecule has 19 heavy (non-hydrogen) atoms. The molecule has 0 saturated heterocycles. The van der Waals surface area contributed by atoms with E-state index in [4.69, 9.17) is 10.3 Å². The van der Waals surface area contributed by atoms with Crippen LogP contribution in [0.3, 0.4) is 0 Å². The van der Waals surface area contributed by atoms with Gasteiger partial charge in [0, 0.05) is 0 Å². The maximum atomic E-state index is 11.2. The molecule has 118 valence electrons. The summed E-state index contributed by atoms with van der Waals surface area (Å²) in [5.74, 6) is -0.233. The van der Waals surface area contributed by atoms with Crippen molar-refractivity contribution in [2.45, 2.75) is 45.3 Å². The van der Waals surface area contributed by atoms with Gasteiger partial charge in [-0.1, -0.05) is 13.8 Å². The minimum Gasteiger partial charge on any atom is -0.330 e. The molecule has 3 N–H and O–H groups in total. The van der Waals surface area contributed by atoms with E-state index in [1.54, 1.807) is 6.92 Å². The number of nitrogens with two attached hydrogens (primary N) is 1. The highest BCUT2D eigenvalue weighted by Gasteiger charge is 2.21. The lowest BCUT2D eigenvalue weighted by atomic mass is 10.3. The van der Waals surface area contributed by atoms with E-state index in [9.17, 15) is 16.8 Å². The fourth-order valence-corrected chi connectivity index (χ4v) is 3.09. The molecule has 0 aliphatic rings. The van der Waals surface area contributed by atoms with Crippen molar-refractivity contribution in [2.24, 2.45) is 5.73 Å². The van der Waals surface area contributed by atoms with Crippen molar-refractivity contribution >= 4 is 20.2 Å². The van der Waals surface area contributed by atoms with Crippen LogP contribution in [0.4, 0.5) is 0 Å². The molecule has 0 fully saturated rings. The van der Waals surface area contributed by atoms with Crippen LogP contribution in [-0.4, -0.2) is 45.5 Å². The summed E-state index contributed by atoms with van der Waals surface area (Å²) in [7, 11) is -7.04. The molecule has 0 unspecified atom stereocenters. The molecule has 0 atom stereocenters. The van der Waals surface area contributed by atoms with Crippen molar-refractivity contribution in [2.75, 3.05) is 18.9 Å². The Bertz CT molecular complexity index is 400. The Morgan fingerprint density at radius 3 is 1.79 bits per heavy atom. The molecule has 0 spiro atoms. The van der Waals surface area contributed by atoms with Crippen LogP contribution in [-0.2, 0) is 24.4 Å². The van der Waals surface area contributed by atoms with Crippen molar-refractivity contribution in [3.63, 3.8) is 0 Å². The lowest BCUT2D eigenvalue weighted by Gasteiger charge is -2.11. The van der Waals surface area contributed by atoms with Crippen LogP contribution in [0.15, 0.2) is 0 Å². The topological polar surface area (TPSA) is 124 Å². The van der Waals surface area contributed by atoms with Gasteiger partial charge in [0.05, 0.1) is 17.6 Å². The van der Waals surface area contributed by atoms with Crippen LogP contribution in [0.1, 0.15) is 40.0 Å². The second-order valence-electron chi connectivity index (χ2n) is 3.77. The summed E-state index contributed by atoms with van der Waals surface area (Å²) >= 11 is 0. The van der Waals surface area contributed by atoms with Gasteiger partial charge >= 0.3 is 0 Å². The highest BCUT2D eigenvalue weighted by molar-refractivity contribution is 7.87. The van der Waals surface area contributed by atoms with E-state index >= 15 is 0 Å². The first kappa shape index (κ1) is 21.1. The van der Waals surface area contributed by atoms with Gasteiger partial charge in [-0.25, -0.2) is 0 Å². The monoisotopic (exact) mass is 319 g/mol. The van der Waals surface area contributed by atoms with Gasteiger partial charge < -0.3 is 5.73 Å². The van der Waals surface area contributed by atoms with Crippen molar-refractivity contribution in [1.29, 1.82) is 0 Å². The van der Waals surface area contributed by atoms with Crippen LogP contribution in [0.25, 0.3) is 0 Å². The van der Waals surface area contributed by atoms with Gasteiger partial charge in [-0.3, -0.25) is 8.74 Å². The first-order chi connectivity index (χ1) is 8.64. The number of hydrogen-bond acceptors (Lipinski definition) is 6. The summed E-state index contributed by atoms with van der Waals surface area (Å²) in [4.78, 5) is 0. The molecule has 0 aromatic carbocycles. The Labute approximate surface area is 116 Å². The smallest absolute Gasteiger partial charge is 0.270 e. The standard InChI is InChI=1S/C7H16O3S.C3H9NO3S/c1-4-7(5-2)11(8,9)10-6-3;4-2-1-3-8(5,6)7/h7H,4-6H2,1-3H3;1-4H2,(H,5,6,7). The molecule has 0 radical (unpaired) electrons. The van der Waals surface area contributed by atoms with Gasteiger partial charge in [-0.2, -0.15) is 16.8 Å². The molecule has 0 saturated carbocycles.